The molecule has 0 spiro atoms. The monoisotopic (exact) mass is 306 g/mol. The zero-order valence-electron chi connectivity index (χ0n) is 12.5. The number of aliphatic imine (C=N–C) groups is 1. The molecule has 4 nitrogen and oxygen atoms in total. The second-order valence-corrected chi connectivity index (χ2v) is 6.99. The van der Waals surface area contributed by atoms with Gasteiger partial charge in [0.25, 0.3) is 0 Å². The molecule has 1 aliphatic rings. The highest BCUT2D eigenvalue weighted by molar-refractivity contribution is 8.14. The van der Waals surface area contributed by atoms with E-state index in [9.17, 15) is 4.79 Å². The number of benzene rings is 1. The van der Waals surface area contributed by atoms with Gasteiger partial charge in [-0.05, 0) is 11.8 Å². The van der Waals surface area contributed by atoms with Gasteiger partial charge in [0.15, 0.2) is 0 Å². The molecule has 1 amide bonds. The number of nitrogens with one attached hydrogen (secondary N) is 1. The predicted octanol–water partition coefficient (Wildman–Crippen LogP) is 2.07. The standard InChI is InChI=1S/C16H22N2O2S/c1-16(2,8-9-19)11-17-14(20)13-10-21-15(18-13)12-6-4-3-5-7-12/h3-7,13,19H,8-11H2,1-2H3,(H,17,20). The molecule has 0 fully saturated rings. The predicted molar refractivity (Wildman–Crippen MR) is 87.7 cm³/mol. The largest absolute Gasteiger partial charge is 0.396 e. The van der Waals surface area contributed by atoms with Crippen LogP contribution < -0.4 is 5.32 Å². The number of aliphatic hydroxyl groups is 1. The molecule has 21 heavy (non-hydrogen) atoms. The van der Waals surface area contributed by atoms with Crippen LogP contribution in [-0.4, -0.2) is 41.0 Å². The van der Waals surface area contributed by atoms with E-state index < -0.39 is 0 Å². The summed E-state index contributed by atoms with van der Waals surface area (Å²) < 4.78 is 0. The number of aliphatic hydroxyl groups excluding tert-OH is 1. The molecule has 2 rings (SSSR count). The van der Waals surface area contributed by atoms with Crippen LogP contribution in [0.5, 0.6) is 0 Å². The van der Waals surface area contributed by atoms with Crippen molar-refractivity contribution in [3.63, 3.8) is 0 Å². The number of hydrogen-bond acceptors (Lipinski definition) is 4. The van der Waals surface area contributed by atoms with Crippen molar-refractivity contribution < 1.29 is 9.90 Å². The first-order chi connectivity index (χ1) is 10.0. The molecule has 0 aromatic heterocycles. The van der Waals surface area contributed by atoms with Crippen LogP contribution in [0, 0.1) is 5.41 Å². The van der Waals surface area contributed by atoms with Crippen LogP contribution in [0.25, 0.3) is 0 Å². The third kappa shape index (κ3) is 4.58. The van der Waals surface area contributed by atoms with E-state index in [0.717, 1.165) is 10.6 Å². The number of amides is 1. The molecular formula is C16H22N2O2S. The molecule has 1 atom stereocenters. The van der Waals surface area contributed by atoms with Crippen LogP contribution in [0.2, 0.25) is 0 Å². The van der Waals surface area contributed by atoms with E-state index in [1.807, 2.05) is 44.2 Å². The number of hydrogen-bond donors (Lipinski definition) is 2. The zero-order valence-corrected chi connectivity index (χ0v) is 13.3. The first-order valence-electron chi connectivity index (χ1n) is 7.16. The third-order valence-corrected chi connectivity index (χ3v) is 4.60. The molecule has 0 saturated carbocycles. The van der Waals surface area contributed by atoms with Gasteiger partial charge >= 0.3 is 0 Å². The van der Waals surface area contributed by atoms with Gasteiger partial charge in [0, 0.05) is 24.5 Å². The first-order valence-corrected chi connectivity index (χ1v) is 8.15. The second-order valence-electron chi connectivity index (χ2n) is 5.98. The van der Waals surface area contributed by atoms with Crippen molar-refractivity contribution in [3.8, 4) is 0 Å². The summed E-state index contributed by atoms with van der Waals surface area (Å²) in [6.45, 7) is 4.76. The Labute approximate surface area is 130 Å². The fraction of sp³-hybridized carbons (Fsp3) is 0.500. The van der Waals surface area contributed by atoms with Crippen LogP contribution >= 0.6 is 11.8 Å². The molecule has 0 aliphatic carbocycles. The smallest absolute Gasteiger partial charge is 0.245 e. The molecule has 1 heterocycles. The maximum atomic E-state index is 12.2. The number of nitrogens with zero attached hydrogens (tertiary/aromatic N) is 1. The number of rotatable bonds is 6. The summed E-state index contributed by atoms with van der Waals surface area (Å²) in [7, 11) is 0. The maximum absolute atomic E-state index is 12.2. The van der Waals surface area contributed by atoms with Gasteiger partial charge in [0.2, 0.25) is 5.91 Å². The Bertz CT molecular complexity index is 514. The van der Waals surface area contributed by atoms with Crippen LogP contribution in [0.1, 0.15) is 25.8 Å². The Hall–Kier alpha value is -1.33. The van der Waals surface area contributed by atoms with E-state index in [-0.39, 0.29) is 24.0 Å². The molecule has 1 aliphatic heterocycles. The van der Waals surface area contributed by atoms with E-state index in [0.29, 0.717) is 18.7 Å². The Balaban J connectivity index is 1.91. The van der Waals surface area contributed by atoms with E-state index in [4.69, 9.17) is 5.11 Å². The van der Waals surface area contributed by atoms with Gasteiger partial charge in [0.05, 0.1) is 5.04 Å². The van der Waals surface area contributed by atoms with Gasteiger partial charge in [-0.15, -0.1) is 11.8 Å². The topological polar surface area (TPSA) is 61.7 Å². The molecule has 1 aromatic rings. The Kier molecular flexibility index (Phi) is 5.42. The number of carbonyl (C=O) groups excluding carboxylic acids is 1. The van der Waals surface area contributed by atoms with Gasteiger partial charge in [-0.3, -0.25) is 9.79 Å². The van der Waals surface area contributed by atoms with Crippen molar-refractivity contribution >= 4 is 22.7 Å². The van der Waals surface area contributed by atoms with Crippen molar-refractivity contribution in [3.05, 3.63) is 35.9 Å². The highest BCUT2D eigenvalue weighted by Gasteiger charge is 2.27. The average Bonchev–Trinajstić information content (AvgIpc) is 2.96. The van der Waals surface area contributed by atoms with Crippen molar-refractivity contribution in [1.29, 1.82) is 0 Å². The number of carbonyl (C=O) groups is 1. The lowest BCUT2D eigenvalue weighted by Gasteiger charge is -2.24. The molecular weight excluding hydrogens is 284 g/mol. The van der Waals surface area contributed by atoms with E-state index in [1.165, 1.54) is 0 Å². The fourth-order valence-corrected chi connectivity index (χ4v) is 3.13. The fourth-order valence-electron chi connectivity index (χ4n) is 2.08. The van der Waals surface area contributed by atoms with Crippen molar-refractivity contribution in [2.45, 2.75) is 26.3 Å². The minimum Gasteiger partial charge on any atom is -0.396 e. The average molecular weight is 306 g/mol. The summed E-state index contributed by atoms with van der Waals surface area (Å²) in [4.78, 5) is 16.7. The summed E-state index contributed by atoms with van der Waals surface area (Å²) in [5.74, 6) is 0.663. The molecule has 0 saturated heterocycles. The summed E-state index contributed by atoms with van der Waals surface area (Å²) in [5.41, 5.74) is 0.973. The van der Waals surface area contributed by atoms with E-state index in [1.54, 1.807) is 11.8 Å². The lowest BCUT2D eigenvalue weighted by molar-refractivity contribution is -0.122. The zero-order chi connectivity index (χ0) is 15.3. The van der Waals surface area contributed by atoms with Gasteiger partial charge in [-0.2, -0.15) is 0 Å². The summed E-state index contributed by atoms with van der Waals surface area (Å²) >= 11 is 1.62. The molecule has 114 valence electrons. The minimum atomic E-state index is -0.310. The summed E-state index contributed by atoms with van der Waals surface area (Å²) in [6.07, 6.45) is 0.672. The third-order valence-electron chi connectivity index (χ3n) is 3.50. The van der Waals surface area contributed by atoms with Crippen LogP contribution in [0.3, 0.4) is 0 Å². The van der Waals surface area contributed by atoms with Crippen LogP contribution in [0.15, 0.2) is 35.3 Å². The van der Waals surface area contributed by atoms with Crippen molar-refractivity contribution in [1.82, 2.24) is 5.32 Å². The van der Waals surface area contributed by atoms with Gasteiger partial charge < -0.3 is 10.4 Å². The number of thioether (sulfide) groups is 1. The maximum Gasteiger partial charge on any atom is 0.245 e. The van der Waals surface area contributed by atoms with Crippen LogP contribution in [0.4, 0.5) is 0 Å². The van der Waals surface area contributed by atoms with Crippen molar-refractivity contribution in [2.75, 3.05) is 18.9 Å². The Morgan fingerprint density at radius 2 is 2.14 bits per heavy atom. The first kappa shape index (κ1) is 16.0. The van der Waals surface area contributed by atoms with Gasteiger partial charge in [-0.25, -0.2) is 0 Å². The highest BCUT2D eigenvalue weighted by Crippen LogP contribution is 2.24. The Morgan fingerprint density at radius 1 is 1.43 bits per heavy atom. The van der Waals surface area contributed by atoms with E-state index >= 15 is 0 Å². The Morgan fingerprint density at radius 3 is 2.81 bits per heavy atom. The SMILES string of the molecule is CC(C)(CCO)CNC(=O)C1CSC(c2ccccc2)=N1. The molecule has 1 unspecified atom stereocenters. The van der Waals surface area contributed by atoms with E-state index in [2.05, 4.69) is 10.3 Å². The van der Waals surface area contributed by atoms with Gasteiger partial charge in [-0.1, -0.05) is 44.2 Å². The normalized spacial score (nSPS) is 18.4. The molecule has 2 N–H and O–H groups in total. The van der Waals surface area contributed by atoms with Gasteiger partial charge in [0.1, 0.15) is 6.04 Å². The molecule has 1 aromatic carbocycles. The summed E-state index contributed by atoms with van der Waals surface area (Å²) in [6, 6.07) is 9.63. The lowest BCUT2D eigenvalue weighted by Crippen LogP contribution is -2.40. The van der Waals surface area contributed by atoms with Crippen LogP contribution in [-0.2, 0) is 4.79 Å². The minimum absolute atomic E-state index is 0.0283. The van der Waals surface area contributed by atoms with Crippen molar-refractivity contribution in [2.24, 2.45) is 10.4 Å². The summed E-state index contributed by atoms with van der Waals surface area (Å²) in [5, 5.41) is 12.9. The quantitative estimate of drug-likeness (QED) is 0.846. The second kappa shape index (κ2) is 7.09. The molecule has 5 heteroatoms. The lowest BCUT2D eigenvalue weighted by atomic mass is 9.90. The highest BCUT2D eigenvalue weighted by atomic mass is 32.2. The molecule has 0 bridgehead atoms. The molecule has 0 radical (unpaired) electrons.